The Balaban J connectivity index is 2.00. The normalized spacial score (nSPS) is 15.4. The number of amides is 1. The number of pyridine rings is 1. The summed E-state index contributed by atoms with van der Waals surface area (Å²) < 4.78 is 0.898. The van der Waals surface area contributed by atoms with Crippen LogP contribution in [0.2, 0.25) is 0 Å². The number of fused-ring (bicyclic) bond motifs is 1. The Morgan fingerprint density at radius 1 is 1.33 bits per heavy atom. The summed E-state index contributed by atoms with van der Waals surface area (Å²) in [5.41, 5.74) is 9.32. The standard InChI is InChI=1S/C15H13BrN4O/c1-8(19-13-5-2-9(16)7-18-13)14-11-6-10(17)3-4-12(11)20-15(14)21/h2-7H,17H2,1H3,(H,18,19)(H,20,21). The van der Waals surface area contributed by atoms with Gasteiger partial charge in [0.25, 0.3) is 5.91 Å². The highest BCUT2D eigenvalue weighted by molar-refractivity contribution is 9.10. The summed E-state index contributed by atoms with van der Waals surface area (Å²) in [6.07, 6.45) is 1.70. The molecule has 1 aliphatic heterocycles. The molecule has 0 saturated carbocycles. The van der Waals surface area contributed by atoms with E-state index in [0.717, 1.165) is 21.4 Å². The number of nitrogens with zero attached hydrogens (tertiary/aromatic N) is 1. The topological polar surface area (TPSA) is 80.0 Å². The molecule has 1 aliphatic rings. The van der Waals surface area contributed by atoms with Gasteiger partial charge in [-0.15, -0.1) is 0 Å². The number of allylic oxidation sites excluding steroid dienone is 1. The minimum absolute atomic E-state index is 0.141. The van der Waals surface area contributed by atoms with Gasteiger partial charge in [0.05, 0.1) is 5.57 Å². The van der Waals surface area contributed by atoms with Gasteiger partial charge in [-0.3, -0.25) is 4.79 Å². The maximum Gasteiger partial charge on any atom is 0.258 e. The molecule has 2 heterocycles. The molecule has 0 bridgehead atoms. The van der Waals surface area contributed by atoms with Crippen molar-refractivity contribution in [1.82, 2.24) is 4.98 Å². The summed E-state index contributed by atoms with van der Waals surface area (Å²) in [6, 6.07) is 9.08. The molecule has 106 valence electrons. The smallest absolute Gasteiger partial charge is 0.258 e. The second kappa shape index (κ2) is 5.21. The molecule has 21 heavy (non-hydrogen) atoms. The van der Waals surface area contributed by atoms with Crippen molar-refractivity contribution >= 4 is 44.6 Å². The van der Waals surface area contributed by atoms with Crippen LogP contribution >= 0.6 is 15.9 Å². The molecule has 0 radical (unpaired) electrons. The fraction of sp³-hybridized carbons (Fsp3) is 0.0667. The predicted molar refractivity (Wildman–Crippen MR) is 87.6 cm³/mol. The van der Waals surface area contributed by atoms with Crippen LogP contribution in [0.3, 0.4) is 0 Å². The van der Waals surface area contributed by atoms with Crippen LogP contribution in [0.4, 0.5) is 17.2 Å². The van der Waals surface area contributed by atoms with Crippen LogP contribution in [0.1, 0.15) is 12.5 Å². The number of carbonyl (C=O) groups is 1. The lowest BCUT2D eigenvalue weighted by Crippen LogP contribution is -2.09. The van der Waals surface area contributed by atoms with Crippen LogP contribution in [0.15, 0.2) is 46.7 Å². The zero-order valence-electron chi connectivity index (χ0n) is 11.3. The maximum absolute atomic E-state index is 12.2. The molecule has 2 aromatic rings. The number of halogens is 1. The van der Waals surface area contributed by atoms with E-state index in [2.05, 4.69) is 31.5 Å². The molecule has 0 saturated heterocycles. The number of rotatable bonds is 2. The highest BCUT2D eigenvalue weighted by Crippen LogP contribution is 2.35. The molecule has 6 heteroatoms. The van der Waals surface area contributed by atoms with Gasteiger partial charge in [0.2, 0.25) is 0 Å². The number of hydrogen-bond acceptors (Lipinski definition) is 4. The maximum atomic E-state index is 12.2. The average molecular weight is 345 g/mol. The molecule has 3 rings (SSSR count). The second-order valence-corrected chi connectivity index (χ2v) is 5.66. The number of nitrogen functional groups attached to an aromatic ring is 1. The molecule has 0 unspecified atom stereocenters. The number of aromatic nitrogens is 1. The van der Waals surface area contributed by atoms with Crippen molar-refractivity contribution < 1.29 is 4.79 Å². The first kappa shape index (κ1) is 13.6. The van der Waals surface area contributed by atoms with Crippen LogP contribution < -0.4 is 16.4 Å². The molecule has 1 aromatic heterocycles. The summed E-state index contributed by atoms with van der Waals surface area (Å²) in [7, 11) is 0. The Hall–Kier alpha value is -2.34. The van der Waals surface area contributed by atoms with Gasteiger partial charge in [-0.1, -0.05) is 0 Å². The Bertz CT molecular complexity index is 753. The lowest BCUT2D eigenvalue weighted by atomic mass is 10.0. The molecule has 0 atom stereocenters. The Morgan fingerprint density at radius 2 is 2.14 bits per heavy atom. The zero-order chi connectivity index (χ0) is 15.0. The van der Waals surface area contributed by atoms with E-state index in [4.69, 9.17) is 5.73 Å². The van der Waals surface area contributed by atoms with Crippen molar-refractivity contribution in [3.05, 3.63) is 52.3 Å². The van der Waals surface area contributed by atoms with Crippen LogP contribution in [-0.4, -0.2) is 10.9 Å². The molecular weight excluding hydrogens is 332 g/mol. The van der Waals surface area contributed by atoms with Gasteiger partial charge in [0.15, 0.2) is 0 Å². The summed E-state index contributed by atoms with van der Waals surface area (Å²) in [5.74, 6) is 0.533. The third-order valence-electron chi connectivity index (χ3n) is 3.21. The minimum Gasteiger partial charge on any atom is -0.399 e. The molecular formula is C15H13BrN4O. The van der Waals surface area contributed by atoms with Crippen LogP contribution in [0.25, 0.3) is 5.57 Å². The third-order valence-corrected chi connectivity index (χ3v) is 3.68. The molecule has 0 spiro atoms. The fourth-order valence-electron chi connectivity index (χ4n) is 2.26. The molecule has 1 aromatic carbocycles. The van der Waals surface area contributed by atoms with E-state index in [0.29, 0.717) is 17.1 Å². The number of carbonyl (C=O) groups excluding carboxylic acids is 1. The van der Waals surface area contributed by atoms with Gasteiger partial charge in [-0.25, -0.2) is 4.98 Å². The summed E-state index contributed by atoms with van der Waals surface area (Å²) in [4.78, 5) is 16.4. The van der Waals surface area contributed by atoms with E-state index >= 15 is 0 Å². The van der Waals surface area contributed by atoms with Gasteiger partial charge >= 0.3 is 0 Å². The molecule has 4 N–H and O–H groups in total. The van der Waals surface area contributed by atoms with Crippen LogP contribution in [-0.2, 0) is 4.79 Å². The quantitative estimate of drug-likeness (QED) is 0.577. The summed E-state index contributed by atoms with van der Waals surface area (Å²) in [5, 5.41) is 5.98. The van der Waals surface area contributed by atoms with Gasteiger partial charge in [0, 0.05) is 33.3 Å². The van der Waals surface area contributed by atoms with Crippen LogP contribution in [0.5, 0.6) is 0 Å². The Morgan fingerprint density at radius 3 is 2.86 bits per heavy atom. The number of nitrogens with one attached hydrogen (secondary N) is 2. The SMILES string of the molecule is CC(Nc1ccc(Br)cn1)=C1C(=O)Nc2ccc(N)cc21. The highest BCUT2D eigenvalue weighted by Gasteiger charge is 2.26. The summed E-state index contributed by atoms with van der Waals surface area (Å²) >= 11 is 3.34. The van der Waals surface area contributed by atoms with Gasteiger partial charge < -0.3 is 16.4 Å². The Labute approximate surface area is 130 Å². The zero-order valence-corrected chi connectivity index (χ0v) is 12.9. The van der Waals surface area contributed by atoms with Gasteiger partial charge in [0.1, 0.15) is 5.82 Å². The number of nitrogens with two attached hydrogens (primary N) is 1. The van der Waals surface area contributed by atoms with Crippen molar-refractivity contribution in [1.29, 1.82) is 0 Å². The van der Waals surface area contributed by atoms with Crippen molar-refractivity contribution in [2.45, 2.75) is 6.92 Å². The van der Waals surface area contributed by atoms with E-state index in [-0.39, 0.29) is 5.91 Å². The predicted octanol–water partition coefficient (Wildman–Crippen LogP) is 3.22. The lowest BCUT2D eigenvalue weighted by Gasteiger charge is -2.09. The number of benzene rings is 1. The number of hydrogen-bond donors (Lipinski definition) is 3. The highest BCUT2D eigenvalue weighted by atomic mass is 79.9. The first-order valence-corrected chi connectivity index (χ1v) is 7.14. The van der Waals surface area contributed by atoms with Gasteiger partial charge in [-0.2, -0.15) is 0 Å². The minimum atomic E-state index is -0.141. The van der Waals surface area contributed by atoms with E-state index < -0.39 is 0 Å². The van der Waals surface area contributed by atoms with Crippen molar-refractivity contribution in [3.63, 3.8) is 0 Å². The molecule has 0 fully saturated rings. The van der Waals surface area contributed by atoms with E-state index in [1.54, 1.807) is 24.4 Å². The van der Waals surface area contributed by atoms with Crippen molar-refractivity contribution in [2.75, 3.05) is 16.4 Å². The van der Waals surface area contributed by atoms with Crippen molar-refractivity contribution in [2.24, 2.45) is 0 Å². The Kier molecular flexibility index (Phi) is 3.39. The van der Waals surface area contributed by atoms with E-state index in [9.17, 15) is 4.79 Å². The first-order chi connectivity index (χ1) is 10.0. The average Bonchev–Trinajstić information content (AvgIpc) is 2.76. The van der Waals surface area contributed by atoms with E-state index in [1.165, 1.54) is 0 Å². The second-order valence-electron chi connectivity index (χ2n) is 4.75. The van der Waals surface area contributed by atoms with Crippen molar-refractivity contribution in [3.8, 4) is 0 Å². The molecule has 1 amide bonds. The fourth-order valence-corrected chi connectivity index (χ4v) is 2.50. The van der Waals surface area contributed by atoms with Crippen LogP contribution in [0, 0.1) is 0 Å². The van der Waals surface area contributed by atoms with Gasteiger partial charge in [-0.05, 0) is 53.2 Å². The third kappa shape index (κ3) is 2.62. The number of anilines is 3. The first-order valence-electron chi connectivity index (χ1n) is 6.35. The largest absolute Gasteiger partial charge is 0.399 e. The summed E-state index contributed by atoms with van der Waals surface area (Å²) in [6.45, 7) is 1.84. The molecule has 5 nitrogen and oxygen atoms in total. The lowest BCUT2D eigenvalue weighted by molar-refractivity contribution is -0.110. The monoisotopic (exact) mass is 344 g/mol. The van der Waals surface area contributed by atoms with E-state index in [1.807, 2.05) is 19.1 Å². The molecule has 0 aliphatic carbocycles.